The Morgan fingerprint density at radius 2 is 1.76 bits per heavy atom. The molecule has 1 heterocycles. The largest absolute Gasteiger partial charge is 0.492 e. The van der Waals surface area contributed by atoms with Crippen LogP contribution in [0.3, 0.4) is 0 Å². The second kappa shape index (κ2) is 12.0. The average molecular weight is 496 g/mol. The maximum absolute atomic E-state index is 13.8. The van der Waals surface area contributed by atoms with E-state index in [1.807, 2.05) is 19.9 Å². The van der Waals surface area contributed by atoms with Crippen LogP contribution in [0.4, 0.5) is 15.8 Å². The number of halogens is 1. The van der Waals surface area contributed by atoms with Crippen molar-refractivity contribution in [2.75, 3.05) is 56.3 Å². The van der Waals surface area contributed by atoms with Gasteiger partial charge in [0.25, 0.3) is 0 Å². The fraction of sp³-hybridized carbons (Fsp3) is 0.435. The number of sulfonamides is 1. The molecule has 2 aromatic carbocycles. The summed E-state index contributed by atoms with van der Waals surface area (Å²) in [6.07, 6.45) is -0.158. The number of anilines is 2. The molecule has 0 bridgehead atoms. The molecule has 1 saturated heterocycles. The predicted molar refractivity (Wildman–Crippen MR) is 127 cm³/mol. The van der Waals surface area contributed by atoms with Gasteiger partial charge in [-0.3, -0.25) is 4.79 Å². The summed E-state index contributed by atoms with van der Waals surface area (Å²) in [5.41, 5.74) is 1.27. The van der Waals surface area contributed by atoms with Crippen LogP contribution in [0.5, 0.6) is 11.5 Å². The number of amides is 1. The van der Waals surface area contributed by atoms with Gasteiger partial charge >= 0.3 is 0 Å². The number of hydrogen-bond donors (Lipinski definition) is 2. The topological polar surface area (TPSA) is 106 Å². The van der Waals surface area contributed by atoms with Crippen LogP contribution in [0.15, 0.2) is 41.3 Å². The van der Waals surface area contributed by atoms with Crippen LogP contribution in [0.2, 0.25) is 0 Å². The van der Waals surface area contributed by atoms with Gasteiger partial charge in [0, 0.05) is 38.2 Å². The van der Waals surface area contributed by atoms with Crippen molar-refractivity contribution in [3.8, 4) is 11.5 Å². The van der Waals surface area contributed by atoms with E-state index in [0.717, 1.165) is 17.8 Å². The molecular formula is C23H30FN3O6S. The fourth-order valence-electron chi connectivity index (χ4n) is 3.50. The molecule has 0 aromatic heterocycles. The molecule has 1 fully saturated rings. The minimum absolute atomic E-state index is 0.158. The van der Waals surface area contributed by atoms with E-state index in [4.69, 9.17) is 14.2 Å². The van der Waals surface area contributed by atoms with Crippen LogP contribution in [0.25, 0.3) is 0 Å². The first kappa shape index (κ1) is 25.7. The van der Waals surface area contributed by atoms with Gasteiger partial charge in [0.05, 0.1) is 37.8 Å². The van der Waals surface area contributed by atoms with Gasteiger partial charge in [0.15, 0.2) is 0 Å². The molecule has 2 aromatic rings. The quantitative estimate of drug-likeness (QED) is 0.494. The lowest BCUT2D eigenvalue weighted by atomic mass is 10.2. The summed E-state index contributed by atoms with van der Waals surface area (Å²) < 4.78 is 57.7. The van der Waals surface area contributed by atoms with Crippen LogP contribution in [-0.4, -0.2) is 60.4 Å². The Bertz CT molecular complexity index is 1090. The number of ether oxygens (including phenoxy) is 3. The van der Waals surface area contributed by atoms with E-state index in [2.05, 4.69) is 14.9 Å². The molecule has 1 aliphatic rings. The monoisotopic (exact) mass is 495 g/mol. The summed E-state index contributed by atoms with van der Waals surface area (Å²) in [6, 6.07) is 8.59. The Morgan fingerprint density at radius 3 is 2.44 bits per heavy atom. The third kappa shape index (κ3) is 6.58. The molecule has 1 aliphatic heterocycles. The van der Waals surface area contributed by atoms with Crippen molar-refractivity contribution in [2.45, 2.75) is 25.2 Å². The Hall–Kier alpha value is -2.89. The van der Waals surface area contributed by atoms with Crippen molar-refractivity contribution in [1.29, 1.82) is 0 Å². The number of nitrogens with zero attached hydrogens (tertiary/aromatic N) is 1. The maximum Gasteiger partial charge on any atom is 0.243 e. The lowest BCUT2D eigenvalue weighted by Crippen LogP contribution is -2.36. The van der Waals surface area contributed by atoms with Gasteiger partial charge in [0.2, 0.25) is 15.9 Å². The lowest BCUT2D eigenvalue weighted by Gasteiger charge is -2.31. The Labute approximate surface area is 199 Å². The minimum Gasteiger partial charge on any atom is -0.492 e. The highest BCUT2D eigenvalue weighted by atomic mass is 32.2. The molecule has 0 spiro atoms. The molecule has 0 radical (unpaired) electrons. The summed E-state index contributed by atoms with van der Waals surface area (Å²) >= 11 is 0. The van der Waals surface area contributed by atoms with Crippen molar-refractivity contribution in [2.24, 2.45) is 0 Å². The van der Waals surface area contributed by atoms with E-state index in [1.165, 1.54) is 12.1 Å². The first-order valence-electron chi connectivity index (χ1n) is 11.2. The SMILES string of the molecule is CCOc1cc(N2CCOCC2)c(OCC)cc1NC(=O)CCNS(=O)(=O)c1ccccc1F. The molecule has 0 saturated carbocycles. The van der Waals surface area contributed by atoms with Gasteiger partial charge in [-0.1, -0.05) is 12.1 Å². The van der Waals surface area contributed by atoms with E-state index >= 15 is 0 Å². The molecule has 34 heavy (non-hydrogen) atoms. The molecule has 0 atom stereocenters. The van der Waals surface area contributed by atoms with Crippen LogP contribution >= 0.6 is 0 Å². The highest BCUT2D eigenvalue weighted by molar-refractivity contribution is 7.89. The maximum atomic E-state index is 13.8. The number of carbonyl (C=O) groups is 1. The zero-order chi connectivity index (χ0) is 24.6. The first-order chi connectivity index (χ1) is 16.4. The minimum atomic E-state index is -4.07. The number of nitrogens with one attached hydrogen (secondary N) is 2. The summed E-state index contributed by atoms with van der Waals surface area (Å²) in [6.45, 7) is 6.98. The van der Waals surface area contributed by atoms with Crippen molar-refractivity contribution in [1.82, 2.24) is 4.72 Å². The number of rotatable bonds is 11. The van der Waals surface area contributed by atoms with Crippen molar-refractivity contribution in [3.05, 3.63) is 42.2 Å². The van der Waals surface area contributed by atoms with E-state index in [0.29, 0.717) is 56.7 Å². The van der Waals surface area contributed by atoms with Crippen LogP contribution in [0.1, 0.15) is 20.3 Å². The molecule has 3 rings (SSSR count). The summed E-state index contributed by atoms with van der Waals surface area (Å²) in [4.78, 5) is 14.2. The second-order valence-corrected chi connectivity index (χ2v) is 9.14. The molecule has 186 valence electrons. The second-order valence-electron chi connectivity index (χ2n) is 7.41. The molecule has 0 aliphatic carbocycles. The van der Waals surface area contributed by atoms with Crippen LogP contribution < -0.4 is 24.4 Å². The smallest absolute Gasteiger partial charge is 0.243 e. The van der Waals surface area contributed by atoms with E-state index in [9.17, 15) is 17.6 Å². The molecule has 1 amide bonds. The number of hydrogen-bond acceptors (Lipinski definition) is 7. The van der Waals surface area contributed by atoms with Gasteiger partial charge < -0.3 is 24.4 Å². The Morgan fingerprint density at radius 1 is 1.09 bits per heavy atom. The number of morpholine rings is 1. The first-order valence-corrected chi connectivity index (χ1v) is 12.6. The summed E-state index contributed by atoms with van der Waals surface area (Å²) in [7, 11) is -4.07. The van der Waals surface area contributed by atoms with Gasteiger partial charge in [-0.05, 0) is 26.0 Å². The van der Waals surface area contributed by atoms with Gasteiger partial charge in [-0.25, -0.2) is 17.5 Å². The highest BCUT2D eigenvalue weighted by Crippen LogP contribution is 2.39. The third-order valence-corrected chi connectivity index (χ3v) is 6.55. The standard InChI is InChI=1S/C23H30FN3O6S/c1-3-32-20-16-19(27-11-13-31-14-12-27)21(33-4-2)15-18(20)26-23(28)9-10-25-34(29,30)22-8-6-5-7-17(22)24/h5-8,15-16,25H,3-4,9-14H2,1-2H3,(H,26,28). The fourth-order valence-corrected chi connectivity index (χ4v) is 4.61. The van der Waals surface area contributed by atoms with E-state index in [-0.39, 0.29) is 13.0 Å². The lowest BCUT2D eigenvalue weighted by molar-refractivity contribution is -0.116. The molecule has 0 unspecified atom stereocenters. The van der Waals surface area contributed by atoms with Gasteiger partial charge in [-0.2, -0.15) is 0 Å². The summed E-state index contributed by atoms with van der Waals surface area (Å²) in [5.74, 6) is -0.209. The number of carbonyl (C=O) groups excluding carboxylic acids is 1. The molecule has 11 heteroatoms. The zero-order valence-corrected chi connectivity index (χ0v) is 20.1. The number of benzene rings is 2. The van der Waals surface area contributed by atoms with Gasteiger partial charge in [-0.15, -0.1) is 0 Å². The van der Waals surface area contributed by atoms with E-state index in [1.54, 1.807) is 6.07 Å². The Balaban J connectivity index is 1.71. The van der Waals surface area contributed by atoms with Crippen molar-refractivity contribution in [3.63, 3.8) is 0 Å². The van der Waals surface area contributed by atoms with Crippen LogP contribution in [-0.2, 0) is 19.6 Å². The van der Waals surface area contributed by atoms with Crippen LogP contribution in [0, 0.1) is 5.82 Å². The molecule has 9 nitrogen and oxygen atoms in total. The van der Waals surface area contributed by atoms with Gasteiger partial charge in [0.1, 0.15) is 22.2 Å². The predicted octanol–water partition coefficient (Wildman–Crippen LogP) is 2.77. The van der Waals surface area contributed by atoms with Crippen molar-refractivity contribution < 1.29 is 31.8 Å². The highest BCUT2D eigenvalue weighted by Gasteiger charge is 2.21. The average Bonchev–Trinajstić information content (AvgIpc) is 2.81. The normalized spacial score (nSPS) is 14.0. The van der Waals surface area contributed by atoms with Crippen molar-refractivity contribution >= 4 is 27.3 Å². The zero-order valence-electron chi connectivity index (χ0n) is 19.3. The van der Waals surface area contributed by atoms with E-state index < -0.39 is 26.6 Å². The molecular weight excluding hydrogens is 465 g/mol. The Kier molecular flexibility index (Phi) is 9.08. The summed E-state index contributed by atoms with van der Waals surface area (Å²) in [5, 5.41) is 2.77. The molecule has 2 N–H and O–H groups in total. The third-order valence-electron chi connectivity index (χ3n) is 5.06.